The lowest BCUT2D eigenvalue weighted by Gasteiger charge is -2.19. The van der Waals surface area contributed by atoms with Crippen LogP contribution in [-0.2, 0) is 13.0 Å². The van der Waals surface area contributed by atoms with E-state index in [1.54, 1.807) is 6.20 Å². The third kappa shape index (κ3) is 3.88. The van der Waals surface area contributed by atoms with Gasteiger partial charge in [0, 0.05) is 24.3 Å². The van der Waals surface area contributed by atoms with E-state index in [2.05, 4.69) is 10.4 Å². The molecule has 0 spiro atoms. The summed E-state index contributed by atoms with van der Waals surface area (Å²) in [6.45, 7) is 5.51. The topological polar surface area (TPSA) is 29.9 Å². The predicted octanol–water partition coefficient (Wildman–Crippen LogP) is 3.46. The first kappa shape index (κ1) is 15.6. The van der Waals surface area contributed by atoms with Gasteiger partial charge in [-0.25, -0.2) is 8.78 Å². The number of aromatic nitrogens is 2. The summed E-state index contributed by atoms with van der Waals surface area (Å²) in [5, 5.41) is 7.43. The summed E-state index contributed by atoms with van der Waals surface area (Å²) < 4.78 is 29.8. The number of benzene rings is 1. The molecule has 0 fully saturated rings. The molecule has 0 radical (unpaired) electrons. The van der Waals surface area contributed by atoms with Gasteiger partial charge in [0.1, 0.15) is 11.6 Å². The van der Waals surface area contributed by atoms with Crippen molar-refractivity contribution < 1.29 is 8.78 Å². The van der Waals surface area contributed by atoms with Gasteiger partial charge in [0.05, 0.1) is 6.20 Å². The minimum Gasteiger partial charge on any atom is -0.309 e. The van der Waals surface area contributed by atoms with E-state index < -0.39 is 11.6 Å². The van der Waals surface area contributed by atoms with Crippen molar-refractivity contribution in [3.63, 3.8) is 0 Å². The molecule has 0 bridgehead atoms. The Morgan fingerprint density at radius 2 is 1.95 bits per heavy atom. The number of aryl methyl sites for hydroxylation is 1. The van der Waals surface area contributed by atoms with E-state index in [0.29, 0.717) is 13.0 Å². The Labute approximate surface area is 124 Å². The van der Waals surface area contributed by atoms with Crippen LogP contribution < -0.4 is 5.32 Å². The van der Waals surface area contributed by atoms with Crippen molar-refractivity contribution >= 4 is 0 Å². The highest BCUT2D eigenvalue weighted by Gasteiger charge is 2.20. The van der Waals surface area contributed by atoms with Crippen LogP contribution in [0.4, 0.5) is 8.78 Å². The molecule has 1 aromatic carbocycles. The van der Waals surface area contributed by atoms with Crippen LogP contribution in [0.15, 0.2) is 30.6 Å². The minimum absolute atomic E-state index is 0.107. The van der Waals surface area contributed by atoms with Gasteiger partial charge in [-0.15, -0.1) is 0 Å². The van der Waals surface area contributed by atoms with Crippen LogP contribution in [0, 0.1) is 11.6 Å². The zero-order valence-electron chi connectivity index (χ0n) is 12.4. The second kappa shape index (κ2) is 7.31. The van der Waals surface area contributed by atoms with Gasteiger partial charge in [0.2, 0.25) is 0 Å². The zero-order chi connectivity index (χ0) is 15.2. The first-order chi connectivity index (χ1) is 10.2. The average Bonchev–Trinajstić information content (AvgIpc) is 2.92. The van der Waals surface area contributed by atoms with Gasteiger partial charge in [0.25, 0.3) is 0 Å². The zero-order valence-corrected chi connectivity index (χ0v) is 12.4. The van der Waals surface area contributed by atoms with E-state index in [9.17, 15) is 8.78 Å². The van der Waals surface area contributed by atoms with Crippen molar-refractivity contribution in [2.45, 2.75) is 39.3 Å². The molecule has 1 unspecified atom stereocenters. The molecular formula is C16H21F2N3. The average molecular weight is 293 g/mol. The highest BCUT2D eigenvalue weighted by molar-refractivity contribution is 5.25. The van der Waals surface area contributed by atoms with Crippen molar-refractivity contribution in [2.24, 2.45) is 0 Å². The molecule has 114 valence electrons. The number of hydrogen-bond donors (Lipinski definition) is 1. The maximum absolute atomic E-state index is 14.0. The molecule has 2 aromatic rings. The van der Waals surface area contributed by atoms with Gasteiger partial charge in [-0.1, -0.05) is 13.0 Å². The molecule has 21 heavy (non-hydrogen) atoms. The first-order valence-corrected chi connectivity index (χ1v) is 7.34. The number of halogens is 2. The Morgan fingerprint density at radius 1 is 1.24 bits per heavy atom. The summed E-state index contributed by atoms with van der Waals surface area (Å²) in [6, 6.07) is 3.60. The largest absolute Gasteiger partial charge is 0.309 e. The molecule has 1 N–H and O–H groups in total. The summed E-state index contributed by atoms with van der Waals surface area (Å²) in [6.07, 6.45) is 5.08. The van der Waals surface area contributed by atoms with Crippen LogP contribution in [0.5, 0.6) is 0 Å². The SMILES string of the molecule is CCCNC(Cc1cnn(CC)c1)c1c(F)cccc1F. The summed E-state index contributed by atoms with van der Waals surface area (Å²) >= 11 is 0. The Kier molecular flexibility index (Phi) is 5.44. The predicted molar refractivity (Wildman–Crippen MR) is 79.0 cm³/mol. The van der Waals surface area contributed by atoms with Crippen LogP contribution in [0.1, 0.15) is 37.4 Å². The maximum atomic E-state index is 14.0. The van der Waals surface area contributed by atoms with Crippen LogP contribution >= 0.6 is 0 Å². The fraction of sp³-hybridized carbons (Fsp3) is 0.438. The quantitative estimate of drug-likeness (QED) is 0.847. The van der Waals surface area contributed by atoms with Crippen molar-refractivity contribution in [2.75, 3.05) is 6.54 Å². The van der Waals surface area contributed by atoms with Gasteiger partial charge in [-0.2, -0.15) is 5.10 Å². The van der Waals surface area contributed by atoms with E-state index >= 15 is 0 Å². The summed E-state index contributed by atoms with van der Waals surface area (Å²) in [4.78, 5) is 0. The molecule has 0 saturated heterocycles. The molecule has 1 heterocycles. The highest BCUT2D eigenvalue weighted by Crippen LogP contribution is 2.24. The smallest absolute Gasteiger partial charge is 0.130 e. The van der Waals surface area contributed by atoms with Gasteiger partial charge in [-0.05, 0) is 44.0 Å². The number of nitrogens with zero attached hydrogens (tertiary/aromatic N) is 2. The van der Waals surface area contributed by atoms with E-state index in [4.69, 9.17) is 0 Å². The molecule has 5 heteroatoms. The monoisotopic (exact) mass is 293 g/mol. The van der Waals surface area contributed by atoms with Gasteiger partial charge in [0.15, 0.2) is 0 Å². The van der Waals surface area contributed by atoms with Gasteiger partial charge in [-0.3, -0.25) is 4.68 Å². The van der Waals surface area contributed by atoms with Crippen LogP contribution in [-0.4, -0.2) is 16.3 Å². The van der Waals surface area contributed by atoms with E-state index in [-0.39, 0.29) is 11.6 Å². The maximum Gasteiger partial charge on any atom is 0.130 e. The lowest BCUT2D eigenvalue weighted by atomic mass is 9.99. The van der Waals surface area contributed by atoms with Gasteiger partial charge >= 0.3 is 0 Å². The molecule has 1 atom stereocenters. The van der Waals surface area contributed by atoms with Crippen molar-refractivity contribution in [3.8, 4) is 0 Å². The summed E-state index contributed by atoms with van der Waals surface area (Å²) in [5.74, 6) is -1.02. The third-order valence-electron chi connectivity index (χ3n) is 3.44. The van der Waals surface area contributed by atoms with Crippen molar-refractivity contribution in [1.29, 1.82) is 0 Å². The molecule has 0 aliphatic carbocycles. The normalized spacial score (nSPS) is 12.6. The third-order valence-corrected chi connectivity index (χ3v) is 3.44. The van der Waals surface area contributed by atoms with Crippen molar-refractivity contribution in [1.82, 2.24) is 15.1 Å². The van der Waals surface area contributed by atoms with Gasteiger partial charge < -0.3 is 5.32 Å². The van der Waals surface area contributed by atoms with Crippen LogP contribution in [0.2, 0.25) is 0 Å². The summed E-state index contributed by atoms with van der Waals surface area (Å²) in [7, 11) is 0. The Hall–Kier alpha value is -1.75. The molecule has 2 rings (SSSR count). The standard InChI is InChI=1S/C16H21F2N3/c1-3-8-19-15(9-12-10-20-21(4-2)11-12)16-13(17)6-5-7-14(16)18/h5-7,10-11,15,19H,3-4,8-9H2,1-2H3. The lowest BCUT2D eigenvalue weighted by Crippen LogP contribution is -2.26. The van der Waals surface area contributed by atoms with E-state index in [0.717, 1.165) is 18.5 Å². The molecule has 0 aliphatic heterocycles. The second-order valence-corrected chi connectivity index (χ2v) is 5.05. The van der Waals surface area contributed by atoms with Crippen LogP contribution in [0.3, 0.4) is 0 Å². The highest BCUT2D eigenvalue weighted by atomic mass is 19.1. The number of nitrogens with one attached hydrogen (secondary N) is 1. The van der Waals surface area contributed by atoms with E-state index in [1.807, 2.05) is 24.7 Å². The van der Waals surface area contributed by atoms with Crippen molar-refractivity contribution in [3.05, 3.63) is 53.4 Å². The summed E-state index contributed by atoms with van der Waals surface area (Å²) in [5.41, 5.74) is 1.07. The number of rotatable bonds is 7. The Balaban J connectivity index is 2.25. The fourth-order valence-corrected chi connectivity index (χ4v) is 2.36. The molecule has 1 aromatic heterocycles. The van der Waals surface area contributed by atoms with Crippen LogP contribution in [0.25, 0.3) is 0 Å². The first-order valence-electron chi connectivity index (χ1n) is 7.34. The van der Waals surface area contributed by atoms with E-state index in [1.165, 1.54) is 18.2 Å². The molecular weight excluding hydrogens is 272 g/mol. The molecule has 0 amide bonds. The fourth-order valence-electron chi connectivity index (χ4n) is 2.36. The molecule has 0 aliphatic rings. The minimum atomic E-state index is -0.508. The molecule has 3 nitrogen and oxygen atoms in total. The second-order valence-electron chi connectivity index (χ2n) is 5.05. The Bertz CT molecular complexity index is 560. The Morgan fingerprint density at radius 3 is 2.52 bits per heavy atom. The number of hydrogen-bond acceptors (Lipinski definition) is 2. The molecule has 0 saturated carbocycles. The lowest BCUT2D eigenvalue weighted by molar-refractivity contribution is 0.464.